The zero-order chi connectivity index (χ0) is 20.6. The van der Waals surface area contributed by atoms with E-state index in [1.165, 1.54) is 16.4 Å². The monoisotopic (exact) mass is 418 g/mol. The Bertz CT molecular complexity index is 716. The molecule has 0 bridgehead atoms. The molecule has 0 aromatic heterocycles. The van der Waals surface area contributed by atoms with Crippen molar-refractivity contribution in [2.24, 2.45) is 0 Å². The van der Waals surface area contributed by atoms with Gasteiger partial charge >= 0.3 is 0 Å². The fourth-order valence-electron chi connectivity index (χ4n) is 3.07. The smallest absolute Gasteiger partial charge is 0.254 e. The largest absolute Gasteiger partial charge is 0.383 e. The van der Waals surface area contributed by atoms with Crippen molar-refractivity contribution in [1.29, 1.82) is 0 Å². The lowest BCUT2D eigenvalue weighted by Gasteiger charge is -2.30. The number of carbonyl (C=O) groups is 1. The Hall–Kier alpha value is -1.15. The number of hydrogen-bond acceptors (Lipinski definition) is 4. The number of halogens is 1. The van der Waals surface area contributed by atoms with Gasteiger partial charge in [-0.2, -0.15) is 4.31 Å². The molecule has 0 atom stereocenters. The number of amides is 1. The molecule has 154 valence electrons. The molecule has 1 aromatic carbocycles. The number of hydrogen-bond donors (Lipinski definition) is 0. The van der Waals surface area contributed by atoms with E-state index in [1.54, 1.807) is 31.9 Å². The van der Waals surface area contributed by atoms with Crippen molar-refractivity contribution in [3.05, 3.63) is 28.8 Å². The first-order valence-corrected chi connectivity index (χ1v) is 11.2. The normalized spacial score (nSPS) is 12.0. The average molecular weight is 419 g/mol. The summed E-state index contributed by atoms with van der Waals surface area (Å²) in [4.78, 5) is 14.8. The molecule has 0 saturated heterocycles. The second-order valence-corrected chi connectivity index (χ2v) is 8.51. The maximum atomic E-state index is 13.1. The minimum Gasteiger partial charge on any atom is -0.383 e. The number of sulfonamides is 1. The molecule has 0 spiro atoms. The fourth-order valence-corrected chi connectivity index (χ4v) is 5.03. The maximum absolute atomic E-state index is 13.1. The zero-order valence-electron chi connectivity index (χ0n) is 16.9. The van der Waals surface area contributed by atoms with E-state index in [2.05, 4.69) is 0 Å². The Balaban J connectivity index is 3.35. The van der Waals surface area contributed by atoms with Crippen molar-refractivity contribution in [1.82, 2.24) is 9.21 Å². The van der Waals surface area contributed by atoms with E-state index in [-0.39, 0.29) is 21.9 Å². The topological polar surface area (TPSA) is 66.9 Å². The van der Waals surface area contributed by atoms with Crippen molar-refractivity contribution < 1.29 is 17.9 Å². The molecule has 1 amide bonds. The van der Waals surface area contributed by atoms with Crippen LogP contribution in [0.3, 0.4) is 0 Å². The summed E-state index contributed by atoms with van der Waals surface area (Å²) in [5, 5.41) is 0.115. The van der Waals surface area contributed by atoms with E-state index in [0.29, 0.717) is 31.8 Å². The highest BCUT2D eigenvalue weighted by atomic mass is 35.5. The van der Waals surface area contributed by atoms with Crippen LogP contribution in [0.1, 0.15) is 50.9 Å². The first-order chi connectivity index (χ1) is 12.8. The highest BCUT2D eigenvalue weighted by Gasteiger charge is 2.28. The summed E-state index contributed by atoms with van der Waals surface area (Å²) in [7, 11) is -2.17. The van der Waals surface area contributed by atoms with Crippen LogP contribution >= 0.6 is 11.6 Å². The highest BCUT2D eigenvalue weighted by molar-refractivity contribution is 7.89. The average Bonchev–Trinajstić information content (AvgIpc) is 2.65. The van der Waals surface area contributed by atoms with Crippen LogP contribution < -0.4 is 0 Å². The zero-order valence-corrected chi connectivity index (χ0v) is 18.4. The van der Waals surface area contributed by atoms with Gasteiger partial charge < -0.3 is 9.64 Å². The van der Waals surface area contributed by atoms with Crippen molar-refractivity contribution in [2.45, 2.75) is 51.5 Å². The van der Waals surface area contributed by atoms with Gasteiger partial charge in [-0.1, -0.05) is 39.3 Å². The molecule has 0 unspecified atom stereocenters. The van der Waals surface area contributed by atoms with Crippen LogP contribution in [-0.2, 0) is 14.8 Å². The van der Waals surface area contributed by atoms with Gasteiger partial charge in [0.15, 0.2) is 0 Å². The molecule has 0 N–H and O–H groups in total. The number of ether oxygens (including phenoxy) is 1. The standard InChI is InChI=1S/C19H31ClN2O4S/c1-6-16(7-2)22(12-13-26-5)19(23)15-10-11-17(20)18(14-15)27(24,25)21(8-3)9-4/h10-11,14,16H,6-9,12-13H2,1-5H3. The lowest BCUT2D eigenvalue weighted by atomic mass is 10.1. The molecule has 6 nitrogen and oxygen atoms in total. The molecule has 0 aliphatic rings. The van der Waals surface area contributed by atoms with E-state index in [1.807, 2.05) is 13.8 Å². The summed E-state index contributed by atoms with van der Waals surface area (Å²) in [6.07, 6.45) is 1.62. The Morgan fingerprint density at radius 1 is 1.15 bits per heavy atom. The molecule has 8 heteroatoms. The third-order valence-corrected chi connectivity index (χ3v) is 7.21. The molecule has 0 aliphatic carbocycles. The summed E-state index contributed by atoms with van der Waals surface area (Å²) in [6, 6.07) is 4.51. The van der Waals surface area contributed by atoms with Gasteiger partial charge in [0.2, 0.25) is 10.0 Å². The molecule has 0 heterocycles. The molecular weight excluding hydrogens is 388 g/mol. The first-order valence-electron chi connectivity index (χ1n) is 9.37. The fraction of sp³-hybridized carbons (Fsp3) is 0.632. The van der Waals surface area contributed by atoms with Gasteiger partial charge in [-0.05, 0) is 31.0 Å². The Morgan fingerprint density at radius 3 is 2.22 bits per heavy atom. The second-order valence-electron chi connectivity index (χ2n) is 6.20. The van der Waals surface area contributed by atoms with E-state index in [9.17, 15) is 13.2 Å². The minimum atomic E-state index is -3.76. The Kier molecular flexibility index (Phi) is 9.73. The van der Waals surface area contributed by atoms with Gasteiger partial charge in [0, 0.05) is 38.3 Å². The third-order valence-electron chi connectivity index (χ3n) is 4.68. The van der Waals surface area contributed by atoms with Crippen LogP contribution in [0.2, 0.25) is 5.02 Å². The molecule has 27 heavy (non-hydrogen) atoms. The van der Waals surface area contributed by atoms with Crippen LogP contribution in [-0.4, -0.2) is 62.9 Å². The number of rotatable bonds is 11. The summed E-state index contributed by atoms with van der Waals surface area (Å²) < 4.78 is 32.2. The van der Waals surface area contributed by atoms with Gasteiger partial charge in [0.25, 0.3) is 5.91 Å². The van der Waals surface area contributed by atoms with Gasteiger partial charge in [0.05, 0.1) is 11.6 Å². The van der Waals surface area contributed by atoms with Crippen LogP contribution in [0.15, 0.2) is 23.1 Å². The summed E-state index contributed by atoms with van der Waals surface area (Å²) in [5.74, 6) is -0.214. The van der Waals surface area contributed by atoms with E-state index in [4.69, 9.17) is 16.3 Å². The quantitative estimate of drug-likeness (QED) is 0.550. The second kappa shape index (κ2) is 11.0. The van der Waals surface area contributed by atoms with Gasteiger partial charge in [-0.15, -0.1) is 0 Å². The van der Waals surface area contributed by atoms with Gasteiger partial charge in [-0.3, -0.25) is 4.79 Å². The van der Waals surface area contributed by atoms with Gasteiger partial charge in [0.1, 0.15) is 4.90 Å². The van der Waals surface area contributed by atoms with E-state index < -0.39 is 10.0 Å². The predicted octanol–water partition coefficient (Wildman–Crippen LogP) is 3.65. The Morgan fingerprint density at radius 2 is 1.74 bits per heavy atom. The molecule has 0 fully saturated rings. The highest BCUT2D eigenvalue weighted by Crippen LogP contribution is 2.27. The van der Waals surface area contributed by atoms with Crippen LogP contribution in [0, 0.1) is 0 Å². The molecule has 0 radical (unpaired) electrons. The number of carbonyl (C=O) groups excluding carboxylic acids is 1. The SMILES string of the molecule is CCC(CC)N(CCOC)C(=O)c1ccc(Cl)c(S(=O)(=O)N(CC)CC)c1. The number of nitrogens with zero attached hydrogens (tertiary/aromatic N) is 2. The number of benzene rings is 1. The number of methoxy groups -OCH3 is 1. The van der Waals surface area contributed by atoms with Crippen molar-refractivity contribution in [3.63, 3.8) is 0 Å². The van der Waals surface area contributed by atoms with Crippen LogP contribution in [0.5, 0.6) is 0 Å². The van der Waals surface area contributed by atoms with Gasteiger partial charge in [-0.25, -0.2) is 8.42 Å². The Labute approximate surface area is 168 Å². The van der Waals surface area contributed by atoms with E-state index in [0.717, 1.165) is 12.8 Å². The van der Waals surface area contributed by atoms with Crippen molar-refractivity contribution in [3.8, 4) is 0 Å². The molecule has 1 aromatic rings. The summed E-state index contributed by atoms with van der Waals surface area (Å²) >= 11 is 6.17. The van der Waals surface area contributed by atoms with Crippen LogP contribution in [0.4, 0.5) is 0 Å². The minimum absolute atomic E-state index is 0.0324. The maximum Gasteiger partial charge on any atom is 0.254 e. The first kappa shape index (κ1) is 23.9. The lowest BCUT2D eigenvalue weighted by molar-refractivity contribution is 0.0589. The molecule has 0 aliphatic heterocycles. The van der Waals surface area contributed by atoms with Crippen molar-refractivity contribution >= 4 is 27.5 Å². The van der Waals surface area contributed by atoms with Crippen LogP contribution in [0.25, 0.3) is 0 Å². The third kappa shape index (κ3) is 5.67. The lowest BCUT2D eigenvalue weighted by Crippen LogP contribution is -2.42. The van der Waals surface area contributed by atoms with Crippen molar-refractivity contribution in [2.75, 3.05) is 33.4 Å². The molecule has 1 rings (SSSR count). The molecule has 0 saturated carbocycles. The predicted molar refractivity (Wildman–Crippen MR) is 109 cm³/mol. The summed E-state index contributed by atoms with van der Waals surface area (Å²) in [5.41, 5.74) is 0.313. The van der Waals surface area contributed by atoms with E-state index >= 15 is 0 Å². The molecular formula is C19H31ClN2O4S. The summed E-state index contributed by atoms with van der Waals surface area (Å²) in [6.45, 7) is 9.12.